The first-order valence-corrected chi connectivity index (χ1v) is 7.82. The molecule has 0 aliphatic carbocycles. The predicted octanol–water partition coefficient (Wildman–Crippen LogP) is 1.06. The van der Waals surface area contributed by atoms with Crippen molar-refractivity contribution in [2.24, 2.45) is 0 Å². The van der Waals surface area contributed by atoms with Crippen LogP contribution in [-0.4, -0.2) is 32.2 Å². The zero-order valence-corrected chi connectivity index (χ0v) is 11.7. The topological polar surface area (TPSA) is 71.1 Å². The number of rotatable bonds is 8. The molecule has 2 N–H and O–H groups in total. The molecule has 5 nitrogen and oxygen atoms in total. The second-order valence-corrected chi connectivity index (χ2v) is 5.99. The molecule has 0 aliphatic rings. The lowest BCUT2D eigenvalue weighted by atomic mass is 10.2. The zero-order chi connectivity index (χ0) is 13.4. The van der Waals surface area contributed by atoms with E-state index in [1.807, 2.05) is 19.1 Å². The van der Waals surface area contributed by atoms with Gasteiger partial charge in [-0.1, -0.05) is 13.0 Å². The van der Waals surface area contributed by atoms with Crippen LogP contribution in [0.5, 0.6) is 0 Å². The number of sulfonamides is 1. The molecule has 0 radical (unpaired) electrons. The quantitative estimate of drug-likeness (QED) is 0.694. The largest absolute Gasteiger partial charge is 0.317 e. The number of hydrogen-bond acceptors (Lipinski definition) is 4. The highest BCUT2D eigenvalue weighted by molar-refractivity contribution is 7.89. The molecule has 0 saturated heterocycles. The number of aromatic nitrogens is 1. The van der Waals surface area contributed by atoms with Crippen molar-refractivity contribution in [3.63, 3.8) is 0 Å². The maximum Gasteiger partial charge on any atom is 0.212 e. The van der Waals surface area contributed by atoms with Gasteiger partial charge in [0.15, 0.2) is 0 Å². The first kappa shape index (κ1) is 15.1. The molecule has 1 atom stereocenters. The summed E-state index contributed by atoms with van der Waals surface area (Å²) in [5, 5.41) is 3.10. The molecule has 1 aromatic heterocycles. The van der Waals surface area contributed by atoms with Crippen LogP contribution in [0.1, 0.15) is 32.0 Å². The molecule has 0 saturated carbocycles. The van der Waals surface area contributed by atoms with E-state index >= 15 is 0 Å². The maximum absolute atomic E-state index is 11.8. The van der Waals surface area contributed by atoms with Crippen LogP contribution in [0, 0.1) is 0 Å². The van der Waals surface area contributed by atoms with Crippen LogP contribution >= 0.6 is 0 Å². The van der Waals surface area contributed by atoms with E-state index < -0.39 is 10.0 Å². The third kappa shape index (κ3) is 5.57. The SMILES string of the molecule is CCNCCCS(=O)(=O)NC(C)c1ccccn1. The van der Waals surface area contributed by atoms with Crippen molar-refractivity contribution < 1.29 is 8.42 Å². The summed E-state index contributed by atoms with van der Waals surface area (Å²) in [7, 11) is -3.24. The standard InChI is InChI=1S/C12H21N3O2S/c1-3-13-8-6-10-18(16,17)15-11(2)12-7-4-5-9-14-12/h4-5,7,9,11,13,15H,3,6,8,10H2,1-2H3. The average Bonchev–Trinajstić information content (AvgIpc) is 2.35. The minimum Gasteiger partial charge on any atom is -0.317 e. The van der Waals surface area contributed by atoms with Gasteiger partial charge in [0.2, 0.25) is 10.0 Å². The van der Waals surface area contributed by atoms with E-state index in [9.17, 15) is 8.42 Å². The summed E-state index contributed by atoms with van der Waals surface area (Å²) in [6, 6.07) is 5.17. The Morgan fingerprint density at radius 2 is 2.17 bits per heavy atom. The highest BCUT2D eigenvalue weighted by Gasteiger charge is 2.15. The molecule has 0 amide bonds. The molecule has 102 valence electrons. The molecule has 0 aromatic carbocycles. The van der Waals surface area contributed by atoms with Crippen LogP contribution in [-0.2, 0) is 10.0 Å². The van der Waals surface area contributed by atoms with E-state index in [1.54, 1.807) is 19.2 Å². The molecule has 0 fully saturated rings. The highest BCUT2D eigenvalue weighted by atomic mass is 32.2. The Kier molecular flexibility index (Phi) is 6.24. The Labute approximate surface area is 109 Å². The van der Waals surface area contributed by atoms with Gasteiger partial charge in [0.1, 0.15) is 0 Å². The van der Waals surface area contributed by atoms with Gasteiger partial charge in [-0.3, -0.25) is 4.98 Å². The third-order valence-corrected chi connectivity index (χ3v) is 4.04. The predicted molar refractivity (Wildman–Crippen MR) is 72.7 cm³/mol. The first-order chi connectivity index (χ1) is 8.55. The summed E-state index contributed by atoms with van der Waals surface area (Å²) in [6.07, 6.45) is 2.27. The summed E-state index contributed by atoms with van der Waals surface area (Å²) in [5.74, 6) is 0.136. The normalized spacial score (nSPS) is 13.4. The van der Waals surface area contributed by atoms with E-state index in [4.69, 9.17) is 0 Å². The van der Waals surface area contributed by atoms with Crippen molar-refractivity contribution >= 4 is 10.0 Å². The van der Waals surface area contributed by atoms with Gasteiger partial charge in [-0.15, -0.1) is 0 Å². The van der Waals surface area contributed by atoms with Crippen LogP contribution in [0.15, 0.2) is 24.4 Å². The number of hydrogen-bond donors (Lipinski definition) is 2. The van der Waals surface area contributed by atoms with Crippen molar-refractivity contribution in [3.05, 3.63) is 30.1 Å². The van der Waals surface area contributed by atoms with Crippen molar-refractivity contribution in [1.82, 2.24) is 15.0 Å². The lowest BCUT2D eigenvalue weighted by molar-refractivity contribution is 0.559. The molecule has 1 rings (SSSR count). The van der Waals surface area contributed by atoms with Gasteiger partial charge in [-0.05, 0) is 38.6 Å². The Morgan fingerprint density at radius 1 is 1.39 bits per heavy atom. The van der Waals surface area contributed by atoms with Gasteiger partial charge < -0.3 is 5.32 Å². The number of nitrogens with one attached hydrogen (secondary N) is 2. The fourth-order valence-electron chi connectivity index (χ4n) is 1.58. The Balaban J connectivity index is 2.45. The summed E-state index contributed by atoms with van der Waals surface area (Å²) in [4.78, 5) is 4.13. The summed E-state index contributed by atoms with van der Waals surface area (Å²) < 4.78 is 26.3. The van der Waals surface area contributed by atoms with Gasteiger partial charge in [0, 0.05) is 6.20 Å². The Bertz CT molecular complexity index is 434. The lowest BCUT2D eigenvalue weighted by Gasteiger charge is -2.13. The molecule has 0 aliphatic heterocycles. The second kappa shape index (κ2) is 7.45. The molecular formula is C12H21N3O2S. The van der Waals surface area contributed by atoms with Gasteiger partial charge in [0.25, 0.3) is 0 Å². The van der Waals surface area contributed by atoms with Crippen LogP contribution in [0.3, 0.4) is 0 Å². The minimum absolute atomic E-state index is 0.136. The van der Waals surface area contributed by atoms with Crippen molar-refractivity contribution in [1.29, 1.82) is 0 Å². The van der Waals surface area contributed by atoms with Crippen molar-refractivity contribution in [2.45, 2.75) is 26.3 Å². The summed E-state index contributed by atoms with van der Waals surface area (Å²) >= 11 is 0. The van der Waals surface area contributed by atoms with Crippen LogP contribution in [0.25, 0.3) is 0 Å². The second-order valence-electron chi connectivity index (χ2n) is 4.12. The van der Waals surface area contributed by atoms with Crippen molar-refractivity contribution in [3.8, 4) is 0 Å². The van der Waals surface area contributed by atoms with Gasteiger partial charge in [0.05, 0.1) is 17.5 Å². The molecule has 0 spiro atoms. The number of nitrogens with zero attached hydrogens (tertiary/aromatic N) is 1. The van der Waals surface area contributed by atoms with E-state index in [0.717, 1.165) is 18.8 Å². The Hall–Kier alpha value is -0.980. The molecule has 1 heterocycles. The summed E-state index contributed by atoms with van der Waals surface area (Å²) in [5.41, 5.74) is 0.729. The fraction of sp³-hybridized carbons (Fsp3) is 0.583. The van der Waals surface area contributed by atoms with Crippen LogP contribution in [0.2, 0.25) is 0 Å². The van der Waals surface area contributed by atoms with E-state index in [2.05, 4.69) is 15.0 Å². The molecule has 18 heavy (non-hydrogen) atoms. The molecule has 6 heteroatoms. The maximum atomic E-state index is 11.8. The lowest BCUT2D eigenvalue weighted by Crippen LogP contribution is -2.30. The molecule has 0 bridgehead atoms. The molecule has 1 aromatic rings. The van der Waals surface area contributed by atoms with Gasteiger partial charge in [-0.25, -0.2) is 13.1 Å². The van der Waals surface area contributed by atoms with E-state index in [-0.39, 0.29) is 11.8 Å². The van der Waals surface area contributed by atoms with Crippen LogP contribution < -0.4 is 10.0 Å². The van der Waals surface area contributed by atoms with Crippen molar-refractivity contribution in [2.75, 3.05) is 18.8 Å². The van der Waals surface area contributed by atoms with E-state index in [0.29, 0.717) is 6.42 Å². The third-order valence-electron chi connectivity index (χ3n) is 2.50. The smallest absolute Gasteiger partial charge is 0.212 e. The van der Waals surface area contributed by atoms with Gasteiger partial charge in [-0.2, -0.15) is 0 Å². The summed E-state index contributed by atoms with van der Waals surface area (Å²) in [6.45, 7) is 5.37. The Morgan fingerprint density at radius 3 is 2.78 bits per heavy atom. The minimum atomic E-state index is -3.24. The average molecular weight is 271 g/mol. The molecular weight excluding hydrogens is 250 g/mol. The van der Waals surface area contributed by atoms with Crippen LogP contribution in [0.4, 0.5) is 0 Å². The zero-order valence-electron chi connectivity index (χ0n) is 10.9. The van der Waals surface area contributed by atoms with Gasteiger partial charge >= 0.3 is 0 Å². The monoisotopic (exact) mass is 271 g/mol. The van der Waals surface area contributed by atoms with E-state index in [1.165, 1.54) is 0 Å². The highest BCUT2D eigenvalue weighted by Crippen LogP contribution is 2.09. The molecule has 1 unspecified atom stereocenters. The number of pyridine rings is 1. The first-order valence-electron chi connectivity index (χ1n) is 6.17. The fourth-order valence-corrected chi connectivity index (χ4v) is 2.89.